The van der Waals surface area contributed by atoms with Crippen LogP contribution in [0.15, 0.2) is 0 Å². The molecule has 0 aromatic carbocycles. The molecule has 1 fully saturated rings. The molecule has 1 aliphatic heterocycles. The van der Waals surface area contributed by atoms with Gasteiger partial charge in [-0.2, -0.15) is 0 Å². The van der Waals surface area contributed by atoms with E-state index in [1.807, 2.05) is 13.8 Å². The second-order valence-electron chi connectivity index (χ2n) is 3.91. The van der Waals surface area contributed by atoms with Crippen molar-refractivity contribution in [1.29, 1.82) is 0 Å². The molecule has 1 aliphatic rings. The Morgan fingerprint density at radius 2 is 2.33 bits per heavy atom. The maximum absolute atomic E-state index is 11.3. The van der Waals surface area contributed by atoms with Gasteiger partial charge in [-0.3, -0.25) is 4.79 Å². The first-order chi connectivity index (χ1) is 7.04. The highest BCUT2D eigenvalue weighted by molar-refractivity contribution is 5.75. The third-order valence-corrected chi connectivity index (χ3v) is 2.37. The fourth-order valence-corrected chi connectivity index (χ4v) is 1.42. The van der Waals surface area contributed by atoms with Gasteiger partial charge in [0.2, 0.25) is 5.91 Å². The number of cyclic esters (lactones) is 1. The fourth-order valence-electron chi connectivity index (χ4n) is 1.42. The summed E-state index contributed by atoms with van der Waals surface area (Å²) in [5.74, 6) is -0.0194. The minimum Gasteiger partial charge on any atom is -0.442 e. The maximum atomic E-state index is 11.3. The Morgan fingerprint density at radius 3 is 2.80 bits per heavy atom. The van der Waals surface area contributed by atoms with Gasteiger partial charge in [-0.05, 0) is 13.8 Å². The molecule has 5 nitrogen and oxygen atoms in total. The molecule has 1 unspecified atom stereocenters. The van der Waals surface area contributed by atoms with Crippen LogP contribution >= 0.6 is 0 Å². The first-order valence-corrected chi connectivity index (χ1v) is 5.28. The van der Waals surface area contributed by atoms with Crippen molar-refractivity contribution in [3.8, 4) is 0 Å². The molecule has 1 saturated heterocycles. The zero-order chi connectivity index (χ0) is 11.4. The van der Waals surface area contributed by atoms with E-state index in [0.717, 1.165) is 0 Å². The van der Waals surface area contributed by atoms with Crippen molar-refractivity contribution in [2.24, 2.45) is 0 Å². The van der Waals surface area contributed by atoms with Crippen molar-refractivity contribution >= 4 is 12.0 Å². The number of carbonyl (C=O) groups excluding carboxylic acids is 2. The molecule has 1 atom stereocenters. The van der Waals surface area contributed by atoms with Crippen LogP contribution in [-0.4, -0.2) is 42.1 Å². The Hall–Kier alpha value is -1.26. The van der Waals surface area contributed by atoms with E-state index in [2.05, 4.69) is 5.32 Å². The Kier molecular flexibility index (Phi) is 3.94. The normalized spacial score (nSPS) is 20.7. The number of nitrogens with zero attached hydrogens (tertiary/aromatic N) is 1. The van der Waals surface area contributed by atoms with Crippen molar-refractivity contribution in [3.63, 3.8) is 0 Å². The average Bonchev–Trinajstić information content (AvgIpc) is 2.56. The third kappa shape index (κ3) is 3.11. The number of hydrogen-bond donors (Lipinski definition) is 1. The van der Waals surface area contributed by atoms with Gasteiger partial charge in [-0.15, -0.1) is 0 Å². The molecule has 5 heteroatoms. The minimum absolute atomic E-state index is 0.0194. The fraction of sp³-hybridized carbons (Fsp3) is 0.800. The summed E-state index contributed by atoms with van der Waals surface area (Å²) >= 11 is 0. The average molecular weight is 214 g/mol. The smallest absolute Gasteiger partial charge is 0.410 e. The lowest BCUT2D eigenvalue weighted by atomic mass is 10.3. The lowest BCUT2D eigenvalue weighted by Crippen LogP contribution is -2.36. The predicted molar refractivity (Wildman–Crippen MR) is 55.4 cm³/mol. The van der Waals surface area contributed by atoms with Crippen LogP contribution in [0.1, 0.15) is 27.2 Å². The summed E-state index contributed by atoms with van der Waals surface area (Å²) in [5.41, 5.74) is 0. The first-order valence-electron chi connectivity index (χ1n) is 5.28. The molecule has 15 heavy (non-hydrogen) atoms. The number of hydrogen-bond acceptors (Lipinski definition) is 3. The monoisotopic (exact) mass is 214 g/mol. The quantitative estimate of drug-likeness (QED) is 0.751. The van der Waals surface area contributed by atoms with Crippen LogP contribution < -0.4 is 5.32 Å². The highest BCUT2D eigenvalue weighted by Gasteiger charge is 2.32. The third-order valence-electron chi connectivity index (χ3n) is 2.37. The van der Waals surface area contributed by atoms with Gasteiger partial charge in [0, 0.05) is 12.5 Å². The molecule has 0 saturated carbocycles. The predicted octanol–water partition coefficient (Wildman–Crippen LogP) is 0.742. The molecule has 0 aliphatic carbocycles. The van der Waals surface area contributed by atoms with E-state index < -0.39 is 0 Å². The van der Waals surface area contributed by atoms with Crippen LogP contribution in [0.2, 0.25) is 0 Å². The lowest BCUT2D eigenvalue weighted by Gasteiger charge is -2.16. The molecule has 1 N–H and O–H groups in total. The van der Waals surface area contributed by atoms with Gasteiger partial charge in [0.25, 0.3) is 0 Å². The SMILES string of the molecule is CCC(=O)NCC1CN(C(C)C)C(=O)O1. The number of nitrogens with one attached hydrogen (secondary N) is 1. The number of carbonyl (C=O) groups is 2. The Morgan fingerprint density at radius 1 is 1.67 bits per heavy atom. The van der Waals surface area contributed by atoms with Crippen LogP contribution in [0.4, 0.5) is 4.79 Å². The zero-order valence-corrected chi connectivity index (χ0v) is 9.45. The summed E-state index contributed by atoms with van der Waals surface area (Å²) in [4.78, 5) is 24.0. The molecule has 0 spiro atoms. The van der Waals surface area contributed by atoms with Crippen molar-refractivity contribution in [2.75, 3.05) is 13.1 Å². The molecular formula is C10H18N2O3. The van der Waals surface area contributed by atoms with Gasteiger partial charge in [0.05, 0.1) is 13.1 Å². The van der Waals surface area contributed by atoms with Gasteiger partial charge in [-0.25, -0.2) is 4.79 Å². The van der Waals surface area contributed by atoms with Crippen LogP contribution in [0, 0.1) is 0 Å². The number of rotatable bonds is 4. The molecule has 0 aromatic rings. The molecule has 2 amide bonds. The van der Waals surface area contributed by atoms with Crippen LogP contribution in [-0.2, 0) is 9.53 Å². The van der Waals surface area contributed by atoms with Gasteiger partial charge >= 0.3 is 6.09 Å². The summed E-state index contributed by atoms with van der Waals surface area (Å²) in [7, 11) is 0. The maximum Gasteiger partial charge on any atom is 0.410 e. The molecule has 0 radical (unpaired) electrons. The topological polar surface area (TPSA) is 58.6 Å². The Bertz CT molecular complexity index is 253. The van der Waals surface area contributed by atoms with Gasteiger partial charge in [0.15, 0.2) is 0 Å². The summed E-state index contributed by atoms with van der Waals surface area (Å²) < 4.78 is 5.10. The molecule has 1 rings (SSSR count). The number of ether oxygens (including phenoxy) is 1. The molecule has 0 aromatic heterocycles. The van der Waals surface area contributed by atoms with Gasteiger partial charge in [0.1, 0.15) is 6.10 Å². The van der Waals surface area contributed by atoms with E-state index in [-0.39, 0.29) is 24.1 Å². The largest absolute Gasteiger partial charge is 0.442 e. The molecular weight excluding hydrogens is 196 g/mol. The van der Waals surface area contributed by atoms with Crippen LogP contribution in [0.25, 0.3) is 0 Å². The zero-order valence-electron chi connectivity index (χ0n) is 9.45. The first kappa shape index (κ1) is 11.8. The second kappa shape index (κ2) is 5.00. The molecule has 1 heterocycles. The Balaban J connectivity index is 2.35. The summed E-state index contributed by atoms with van der Waals surface area (Å²) in [6.45, 7) is 6.63. The molecule has 0 bridgehead atoms. The number of amides is 2. The van der Waals surface area contributed by atoms with E-state index in [1.54, 1.807) is 11.8 Å². The highest BCUT2D eigenvalue weighted by atomic mass is 16.6. The summed E-state index contributed by atoms with van der Waals surface area (Å²) in [6, 6.07) is 0.143. The minimum atomic E-state index is -0.291. The van der Waals surface area contributed by atoms with Crippen LogP contribution in [0.3, 0.4) is 0 Å². The summed E-state index contributed by atoms with van der Waals surface area (Å²) in [6.07, 6.45) is -0.0506. The van der Waals surface area contributed by atoms with Crippen molar-refractivity contribution < 1.29 is 14.3 Å². The van der Waals surface area contributed by atoms with Crippen molar-refractivity contribution in [3.05, 3.63) is 0 Å². The van der Waals surface area contributed by atoms with Crippen molar-refractivity contribution in [2.45, 2.75) is 39.3 Å². The highest BCUT2D eigenvalue weighted by Crippen LogP contribution is 2.13. The van der Waals surface area contributed by atoms with E-state index >= 15 is 0 Å². The van der Waals surface area contributed by atoms with Gasteiger partial charge < -0.3 is 15.0 Å². The summed E-state index contributed by atoms with van der Waals surface area (Å²) in [5, 5.41) is 2.71. The van der Waals surface area contributed by atoms with Crippen LogP contribution in [0.5, 0.6) is 0 Å². The van der Waals surface area contributed by atoms with Gasteiger partial charge in [-0.1, -0.05) is 6.92 Å². The van der Waals surface area contributed by atoms with E-state index in [0.29, 0.717) is 19.5 Å². The Labute approximate surface area is 89.8 Å². The lowest BCUT2D eigenvalue weighted by molar-refractivity contribution is -0.121. The van der Waals surface area contributed by atoms with E-state index in [9.17, 15) is 9.59 Å². The van der Waals surface area contributed by atoms with E-state index in [1.165, 1.54) is 0 Å². The van der Waals surface area contributed by atoms with Crippen molar-refractivity contribution in [1.82, 2.24) is 10.2 Å². The standard InChI is InChI=1S/C10H18N2O3/c1-4-9(13)11-5-8-6-12(7(2)3)10(14)15-8/h7-8H,4-6H2,1-3H3,(H,11,13). The second-order valence-corrected chi connectivity index (χ2v) is 3.91. The van der Waals surface area contributed by atoms with E-state index in [4.69, 9.17) is 4.74 Å². The molecule has 86 valence electrons.